The van der Waals surface area contributed by atoms with Crippen LogP contribution in [-0.4, -0.2) is 46.0 Å². The first-order valence-corrected chi connectivity index (χ1v) is 11.4. The van der Waals surface area contributed by atoms with Crippen LogP contribution in [0.5, 0.6) is 5.75 Å². The quantitative estimate of drug-likeness (QED) is 0.752. The van der Waals surface area contributed by atoms with Crippen molar-refractivity contribution in [2.75, 3.05) is 26.7 Å². The Bertz CT molecular complexity index is 949. The van der Waals surface area contributed by atoms with Crippen molar-refractivity contribution in [3.8, 4) is 5.75 Å². The highest BCUT2D eigenvalue weighted by Crippen LogP contribution is 2.20. The molecule has 3 rings (SSSR count). The molecule has 156 valence electrons. The Morgan fingerprint density at radius 3 is 2.41 bits per heavy atom. The summed E-state index contributed by atoms with van der Waals surface area (Å²) < 4.78 is 33.2. The number of methoxy groups -OCH3 is 1. The first kappa shape index (κ1) is 21.3. The van der Waals surface area contributed by atoms with Gasteiger partial charge < -0.3 is 9.64 Å². The zero-order valence-corrected chi connectivity index (χ0v) is 17.8. The lowest BCUT2D eigenvalue weighted by Gasteiger charge is -2.27. The number of benzene rings is 2. The number of piperidine rings is 1. The van der Waals surface area contributed by atoms with Gasteiger partial charge in [-0.2, -0.15) is 0 Å². The lowest BCUT2D eigenvalue weighted by atomic mass is 10.1. The van der Waals surface area contributed by atoms with Crippen LogP contribution in [0.4, 0.5) is 0 Å². The smallest absolute Gasteiger partial charge is 0.254 e. The number of nitrogens with zero attached hydrogens (tertiary/aromatic N) is 1. The maximum atomic E-state index is 12.9. The molecule has 2 aromatic rings. The molecule has 0 aromatic heterocycles. The maximum absolute atomic E-state index is 12.9. The van der Waals surface area contributed by atoms with Crippen molar-refractivity contribution in [1.29, 1.82) is 0 Å². The number of nitrogens with one attached hydrogen (secondary N) is 1. The molecule has 1 saturated heterocycles. The highest BCUT2D eigenvalue weighted by molar-refractivity contribution is 7.89. The monoisotopic (exact) mass is 416 g/mol. The summed E-state index contributed by atoms with van der Waals surface area (Å²) in [6.07, 6.45) is 3.69. The largest absolute Gasteiger partial charge is 0.497 e. The number of carbonyl (C=O) groups excluding carboxylic acids is 1. The Morgan fingerprint density at radius 2 is 1.76 bits per heavy atom. The molecule has 0 atom stereocenters. The van der Waals surface area contributed by atoms with Crippen molar-refractivity contribution in [2.45, 2.75) is 37.5 Å². The van der Waals surface area contributed by atoms with Crippen LogP contribution in [0.25, 0.3) is 0 Å². The minimum Gasteiger partial charge on any atom is -0.497 e. The van der Waals surface area contributed by atoms with Gasteiger partial charge in [0.15, 0.2) is 0 Å². The number of aryl methyl sites for hydroxylation is 1. The van der Waals surface area contributed by atoms with Crippen molar-refractivity contribution in [3.05, 3.63) is 59.2 Å². The van der Waals surface area contributed by atoms with E-state index in [1.165, 1.54) is 6.07 Å². The predicted molar refractivity (Wildman–Crippen MR) is 113 cm³/mol. The Balaban J connectivity index is 1.68. The van der Waals surface area contributed by atoms with Crippen LogP contribution >= 0.6 is 0 Å². The van der Waals surface area contributed by atoms with Crippen molar-refractivity contribution in [3.63, 3.8) is 0 Å². The molecule has 0 bridgehead atoms. The number of sulfonamides is 1. The molecule has 0 aliphatic carbocycles. The molecule has 7 heteroatoms. The molecule has 1 heterocycles. The molecule has 0 spiro atoms. The minimum atomic E-state index is -3.69. The van der Waals surface area contributed by atoms with E-state index in [1.54, 1.807) is 19.2 Å². The molecule has 29 heavy (non-hydrogen) atoms. The molecule has 0 unspecified atom stereocenters. The van der Waals surface area contributed by atoms with Gasteiger partial charge in [-0.15, -0.1) is 0 Å². The normalized spacial score (nSPS) is 14.6. The van der Waals surface area contributed by atoms with Crippen LogP contribution in [0.3, 0.4) is 0 Å². The molecule has 1 aliphatic rings. The molecule has 0 radical (unpaired) electrons. The molecule has 6 nitrogen and oxygen atoms in total. The summed E-state index contributed by atoms with van der Waals surface area (Å²) >= 11 is 0. The van der Waals surface area contributed by atoms with Gasteiger partial charge in [0.25, 0.3) is 5.91 Å². The second-order valence-corrected chi connectivity index (χ2v) is 9.09. The fraction of sp³-hybridized carbons (Fsp3) is 0.409. The van der Waals surface area contributed by atoms with E-state index in [9.17, 15) is 13.2 Å². The summed E-state index contributed by atoms with van der Waals surface area (Å²) in [6, 6.07) is 12.3. The number of rotatable bonds is 7. The zero-order valence-electron chi connectivity index (χ0n) is 17.0. The van der Waals surface area contributed by atoms with Gasteiger partial charge in [0, 0.05) is 25.2 Å². The number of likely N-dealkylation sites (tertiary alicyclic amines) is 1. The molecule has 1 amide bonds. The van der Waals surface area contributed by atoms with Gasteiger partial charge in [-0.3, -0.25) is 4.79 Å². The van der Waals surface area contributed by atoms with Gasteiger partial charge >= 0.3 is 0 Å². The number of hydrogen-bond acceptors (Lipinski definition) is 4. The van der Waals surface area contributed by atoms with E-state index in [1.807, 2.05) is 36.1 Å². The first-order valence-electron chi connectivity index (χ1n) is 9.93. The van der Waals surface area contributed by atoms with E-state index in [-0.39, 0.29) is 17.3 Å². The topological polar surface area (TPSA) is 75.7 Å². The molecular formula is C22H28N2O4S. The van der Waals surface area contributed by atoms with Crippen LogP contribution in [0.1, 0.15) is 40.7 Å². The van der Waals surface area contributed by atoms with Gasteiger partial charge in [-0.1, -0.05) is 18.2 Å². The Kier molecular flexibility index (Phi) is 6.92. The van der Waals surface area contributed by atoms with Crippen LogP contribution in [-0.2, 0) is 16.4 Å². The van der Waals surface area contributed by atoms with E-state index >= 15 is 0 Å². The summed E-state index contributed by atoms with van der Waals surface area (Å²) in [6.45, 7) is 3.58. The SMILES string of the molecule is COc1ccc(CCNS(=O)(=O)c2ccc(C)c(C(=O)N3CCCCC3)c2)cc1. The summed E-state index contributed by atoms with van der Waals surface area (Å²) in [5, 5.41) is 0. The molecule has 1 fully saturated rings. The summed E-state index contributed by atoms with van der Waals surface area (Å²) in [5.41, 5.74) is 2.26. The van der Waals surface area contributed by atoms with Crippen LogP contribution in [0, 0.1) is 6.92 Å². The van der Waals surface area contributed by atoms with Gasteiger partial charge in [-0.05, 0) is 68.0 Å². The van der Waals surface area contributed by atoms with E-state index < -0.39 is 10.0 Å². The fourth-order valence-corrected chi connectivity index (χ4v) is 4.53. The van der Waals surface area contributed by atoms with Gasteiger partial charge in [-0.25, -0.2) is 13.1 Å². The van der Waals surface area contributed by atoms with E-state index in [4.69, 9.17) is 4.74 Å². The maximum Gasteiger partial charge on any atom is 0.254 e. The predicted octanol–water partition coefficient (Wildman–Crippen LogP) is 3.15. The van der Waals surface area contributed by atoms with Crippen molar-refractivity contribution < 1.29 is 17.9 Å². The second-order valence-electron chi connectivity index (χ2n) is 7.33. The van der Waals surface area contributed by atoms with E-state index in [0.29, 0.717) is 12.0 Å². The van der Waals surface area contributed by atoms with E-state index in [2.05, 4.69) is 4.72 Å². The lowest BCUT2D eigenvalue weighted by molar-refractivity contribution is 0.0723. The third kappa shape index (κ3) is 5.36. The summed E-state index contributed by atoms with van der Waals surface area (Å²) in [7, 11) is -2.09. The van der Waals surface area contributed by atoms with Gasteiger partial charge in [0.2, 0.25) is 10.0 Å². The lowest BCUT2D eigenvalue weighted by Crippen LogP contribution is -2.36. The van der Waals surface area contributed by atoms with Crippen molar-refractivity contribution in [1.82, 2.24) is 9.62 Å². The first-order chi connectivity index (χ1) is 13.9. The third-order valence-electron chi connectivity index (χ3n) is 5.26. The Morgan fingerprint density at radius 1 is 1.07 bits per heavy atom. The molecule has 0 saturated carbocycles. The molecular weight excluding hydrogens is 388 g/mol. The zero-order chi connectivity index (χ0) is 20.9. The highest BCUT2D eigenvalue weighted by atomic mass is 32.2. The molecule has 1 N–H and O–H groups in total. The van der Waals surface area contributed by atoms with E-state index in [0.717, 1.165) is 49.2 Å². The number of hydrogen-bond donors (Lipinski definition) is 1. The van der Waals surface area contributed by atoms with Crippen molar-refractivity contribution >= 4 is 15.9 Å². The third-order valence-corrected chi connectivity index (χ3v) is 6.72. The average Bonchev–Trinajstić information content (AvgIpc) is 2.74. The Labute approximate surface area is 172 Å². The number of amides is 1. The summed E-state index contributed by atoms with van der Waals surface area (Å²) in [5.74, 6) is 0.678. The fourth-order valence-electron chi connectivity index (χ4n) is 3.47. The molecule has 1 aliphatic heterocycles. The minimum absolute atomic E-state index is 0.0857. The summed E-state index contributed by atoms with van der Waals surface area (Å²) in [4.78, 5) is 14.8. The number of ether oxygens (including phenoxy) is 1. The molecule has 2 aromatic carbocycles. The Hall–Kier alpha value is -2.38. The van der Waals surface area contributed by atoms with Crippen LogP contribution < -0.4 is 9.46 Å². The standard InChI is InChI=1S/C22H28N2O4S/c1-17-6-11-20(16-21(17)22(25)24-14-4-3-5-15-24)29(26,27)23-13-12-18-7-9-19(28-2)10-8-18/h6-11,16,23H,3-5,12-15H2,1-2H3. The van der Waals surface area contributed by atoms with Crippen molar-refractivity contribution in [2.24, 2.45) is 0 Å². The average molecular weight is 417 g/mol. The van der Waals surface area contributed by atoms with Crippen LogP contribution in [0.15, 0.2) is 47.4 Å². The van der Waals surface area contributed by atoms with Gasteiger partial charge in [0.1, 0.15) is 5.75 Å². The van der Waals surface area contributed by atoms with Gasteiger partial charge in [0.05, 0.1) is 12.0 Å². The van der Waals surface area contributed by atoms with Crippen LogP contribution in [0.2, 0.25) is 0 Å². The number of carbonyl (C=O) groups is 1. The second kappa shape index (κ2) is 9.41. The highest BCUT2D eigenvalue weighted by Gasteiger charge is 2.22.